The second-order valence-electron chi connectivity index (χ2n) is 6.46. The summed E-state index contributed by atoms with van der Waals surface area (Å²) >= 11 is 1.32. The highest BCUT2D eigenvalue weighted by molar-refractivity contribution is 8.13. The van der Waals surface area contributed by atoms with Crippen molar-refractivity contribution < 1.29 is 21.9 Å². The number of halogens is 1. The second-order valence-corrected chi connectivity index (χ2v) is 8.75. The molecule has 31 heavy (non-hydrogen) atoms. The molecule has 0 saturated heterocycles. The van der Waals surface area contributed by atoms with Crippen molar-refractivity contribution in [3.8, 4) is 0 Å². The first-order valence-corrected chi connectivity index (χ1v) is 11.2. The first-order valence-electron chi connectivity index (χ1n) is 8.87. The van der Waals surface area contributed by atoms with Crippen molar-refractivity contribution in [2.45, 2.75) is 16.7 Å². The number of nitrogens with one attached hydrogen (secondary N) is 2. The Morgan fingerprint density at radius 1 is 1.19 bits per heavy atom. The number of nitrogens with zero attached hydrogens (tertiary/aromatic N) is 3. The van der Waals surface area contributed by atoms with E-state index in [2.05, 4.69) is 25.6 Å². The van der Waals surface area contributed by atoms with E-state index >= 15 is 0 Å². The van der Waals surface area contributed by atoms with Gasteiger partial charge in [0.25, 0.3) is 11.8 Å². The van der Waals surface area contributed by atoms with Gasteiger partial charge in [0.05, 0.1) is 11.2 Å². The number of amides is 2. The van der Waals surface area contributed by atoms with Crippen LogP contribution in [0.25, 0.3) is 0 Å². The van der Waals surface area contributed by atoms with Crippen LogP contribution in [0.4, 0.5) is 9.57 Å². The highest BCUT2D eigenvalue weighted by atomic mass is 32.3. The molecule has 1 atom stereocenters. The lowest BCUT2D eigenvalue weighted by atomic mass is 10.2. The summed E-state index contributed by atoms with van der Waals surface area (Å²) in [5.74, 6) is -0.0225. The summed E-state index contributed by atoms with van der Waals surface area (Å²) in [4.78, 5) is 36.1. The van der Waals surface area contributed by atoms with Gasteiger partial charge in [-0.2, -0.15) is 8.42 Å². The van der Waals surface area contributed by atoms with Crippen LogP contribution < -0.4 is 10.6 Å². The van der Waals surface area contributed by atoms with Crippen LogP contribution in [0, 0.1) is 0 Å². The van der Waals surface area contributed by atoms with Crippen molar-refractivity contribution in [3.05, 3.63) is 59.7 Å². The summed E-state index contributed by atoms with van der Waals surface area (Å²) in [6, 6.07) is 11.0. The highest BCUT2D eigenvalue weighted by Gasteiger charge is 2.31. The van der Waals surface area contributed by atoms with Gasteiger partial charge in [0.2, 0.25) is 0 Å². The van der Waals surface area contributed by atoms with Crippen LogP contribution in [0.2, 0.25) is 0 Å². The van der Waals surface area contributed by atoms with E-state index < -0.39 is 27.1 Å². The van der Waals surface area contributed by atoms with Gasteiger partial charge in [-0.15, -0.1) is 3.89 Å². The Balaban J connectivity index is 1.42. The third-order valence-electron chi connectivity index (χ3n) is 4.28. The maximum atomic E-state index is 13.2. The van der Waals surface area contributed by atoms with E-state index in [-0.39, 0.29) is 11.5 Å². The predicted molar refractivity (Wildman–Crippen MR) is 116 cm³/mol. The molecular formula is C19H14FN5O4S2. The van der Waals surface area contributed by atoms with Crippen LogP contribution in [0.5, 0.6) is 0 Å². The molecule has 2 aliphatic rings. The van der Waals surface area contributed by atoms with Crippen molar-refractivity contribution in [1.82, 2.24) is 5.32 Å². The Morgan fingerprint density at radius 2 is 2.00 bits per heavy atom. The number of rotatable bonds is 5. The summed E-state index contributed by atoms with van der Waals surface area (Å²) in [6.45, 7) is 0. The molecule has 0 fully saturated rings. The predicted octanol–water partition coefficient (Wildman–Crippen LogP) is 2.13. The molecule has 158 valence electrons. The maximum absolute atomic E-state index is 13.2. The van der Waals surface area contributed by atoms with Crippen LogP contribution in [0.15, 0.2) is 68.4 Å². The minimum Gasteiger partial charge on any atom is -0.322 e. The van der Waals surface area contributed by atoms with Crippen molar-refractivity contribution in [2.24, 2.45) is 15.0 Å². The molecule has 1 unspecified atom stereocenters. The Bertz CT molecular complexity index is 1270. The largest absolute Gasteiger partial charge is 0.332 e. The molecule has 0 aromatic heterocycles. The minimum absolute atomic E-state index is 0.0103. The van der Waals surface area contributed by atoms with Crippen LogP contribution >= 0.6 is 11.8 Å². The highest BCUT2D eigenvalue weighted by Crippen LogP contribution is 2.23. The molecule has 0 radical (unpaired) electrons. The van der Waals surface area contributed by atoms with E-state index in [1.54, 1.807) is 18.2 Å². The van der Waals surface area contributed by atoms with Gasteiger partial charge >= 0.3 is 10.2 Å². The van der Waals surface area contributed by atoms with Crippen LogP contribution in [0.1, 0.15) is 15.9 Å². The molecule has 0 spiro atoms. The van der Waals surface area contributed by atoms with Gasteiger partial charge < -0.3 is 10.6 Å². The number of hydrogen-bond acceptors (Lipinski definition) is 8. The minimum atomic E-state index is -4.90. The van der Waals surface area contributed by atoms with Gasteiger partial charge in [0, 0.05) is 17.0 Å². The molecule has 2 aromatic carbocycles. The maximum Gasteiger partial charge on any atom is 0.332 e. The fourth-order valence-electron chi connectivity index (χ4n) is 2.82. The molecule has 2 N–H and O–H groups in total. The SMILES string of the molecule is O=C(Nc1cccc(CSC2=NC3C(=O)NC=NC3=N2)c1)c1cccc(S(=O)(=O)F)c1. The van der Waals surface area contributed by atoms with Gasteiger partial charge in [-0.05, 0) is 35.9 Å². The summed E-state index contributed by atoms with van der Waals surface area (Å²) in [7, 11) is -4.90. The number of amidine groups is 2. The number of aliphatic imine (C=N–C) groups is 3. The number of carbonyl (C=O) groups is 2. The first-order chi connectivity index (χ1) is 14.8. The molecule has 2 aromatic rings. The molecular weight excluding hydrogens is 445 g/mol. The molecule has 12 heteroatoms. The van der Waals surface area contributed by atoms with Gasteiger partial charge in [0.1, 0.15) is 0 Å². The average Bonchev–Trinajstić information content (AvgIpc) is 3.17. The fraction of sp³-hybridized carbons (Fsp3) is 0.105. The number of hydrogen-bond donors (Lipinski definition) is 2. The van der Waals surface area contributed by atoms with E-state index in [0.29, 0.717) is 22.4 Å². The summed E-state index contributed by atoms with van der Waals surface area (Å²) < 4.78 is 35.3. The Labute approximate surface area is 180 Å². The zero-order chi connectivity index (χ0) is 22.0. The molecule has 0 bridgehead atoms. The molecule has 2 amide bonds. The zero-order valence-corrected chi connectivity index (χ0v) is 17.3. The lowest BCUT2D eigenvalue weighted by Crippen LogP contribution is -2.40. The standard InChI is InChI=1S/C19H14FN5O4S2/c20-31(28,29)14-6-2-4-12(8-14)17(26)23-13-5-1-3-11(7-13)9-30-19-24-15-16(25-19)21-10-22-18(15)27/h1-8,10,15H,9H2,(H,23,26)(H,21,22,24,25,27). The van der Waals surface area contributed by atoms with Gasteiger partial charge in [-0.1, -0.05) is 30.0 Å². The summed E-state index contributed by atoms with van der Waals surface area (Å²) in [6.07, 6.45) is 1.28. The van der Waals surface area contributed by atoms with E-state index in [4.69, 9.17) is 0 Å². The molecule has 9 nitrogen and oxygen atoms in total. The Kier molecular flexibility index (Phi) is 5.65. The van der Waals surface area contributed by atoms with Crippen LogP contribution in [0.3, 0.4) is 0 Å². The smallest absolute Gasteiger partial charge is 0.322 e. The Morgan fingerprint density at radius 3 is 2.77 bits per heavy atom. The van der Waals surface area contributed by atoms with Gasteiger partial charge in [-0.3, -0.25) is 9.59 Å². The van der Waals surface area contributed by atoms with Gasteiger partial charge in [-0.25, -0.2) is 15.0 Å². The average molecular weight is 459 g/mol. The molecule has 0 aliphatic carbocycles. The second kappa shape index (κ2) is 8.40. The monoisotopic (exact) mass is 459 g/mol. The third kappa shape index (κ3) is 4.86. The van der Waals surface area contributed by atoms with Crippen molar-refractivity contribution in [2.75, 3.05) is 5.32 Å². The van der Waals surface area contributed by atoms with E-state index in [1.165, 1.54) is 30.2 Å². The van der Waals surface area contributed by atoms with Crippen molar-refractivity contribution >= 4 is 56.8 Å². The number of thioether (sulfide) groups is 1. The lowest BCUT2D eigenvalue weighted by molar-refractivity contribution is -0.119. The zero-order valence-electron chi connectivity index (χ0n) is 15.6. The number of anilines is 1. The van der Waals surface area contributed by atoms with Crippen molar-refractivity contribution in [3.63, 3.8) is 0 Å². The molecule has 2 heterocycles. The lowest BCUT2D eigenvalue weighted by Gasteiger charge is -2.09. The fourth-order valence-corrected chi connectivity index (χ4v) is 4.14. The summed E-state index contributed by atoms with van der Waals surface area (Å²) in [5, 5.41) is 5.57. The number of carbonyl (C=O) groups excluding carboxylic acids is 2. The third-order valence-corrected chi connectivity index (χ3v) is 6.03. The van der Waals surface area contributed by atoms with E-state index in [9.17, 15) is 21.9 Å². The van der Waals surface area contributed by atoms with E-state index in [1.807, 2.05) is 6.07 Å². The number of benzene rings is 2. The quantitative estimate of drug-likeness (QED) is 0.662. The van der Waals surface area contributed by atoms with E-state index in [0.717, 1.165) is 17.7 Å². The normalized spacial score (nSPS) is 17.5. The molecule has 2 aliphatic heterocycles. The molecule has 0 saturated carbocycles. The van der Waals surface area contributed by atoms with Crippen molar-refractivity contribution in [1.29, 1.82) is 0 Å². The number of fused-ring (bicyclic) bond motifs is 1. The first kappa shape index (κ1) is 20.9. The molecule has 4 rings (SSSR count). The van der Waals surface area contributed by atoms with Gasteiger partial charge in [0.15, 0.2) is 17.0 Å². The summed E-state index contributed by atoms with van der Waals surface area (Å²) in [5.41, 5.74) is 1.35. The van der Waals surface area contributed by atoms with Crippen LogP contribution in [-0.2, 0) is 20.8 Å². The topological polar surface area (TPSA) is 129 Å². The Hall–Kier alpha value is -3.38. The van der Waals surface area contributed by atoms with Crippen LogP contribution in [-0.4, -0.2) is 43.6 Å².